The van der Waals surface area contributed by atoms with Crippen molar-refractivity contribution in [3.8, 4) is 0 Å². The molecule has 43 heavy (non-hydrogen) atoms. The maximum Gasteiger partial charge on any atom is 0.251 e. The van der Waals surface area contributed by atoms with Crippen LogP contribution in [0.4, 0.5) is 11.4 Å². The van der Waals surface area contributed by atoms with Crippen molar-refractivity contribution in [2.45, 2.75) is 132 Å². The number of hydrogen-bond acceptors (Lipinski definition) is 3. The minimum Gasteiger partial charge on any atom is -0.349 e. The first-order chi connectivity index (χ1) is 20.3. The van der Waals surface area contributed by atoms with E-state index in [-0.39, 0.29) is 41.0 Å². The minimum absolute atomic E-state index is 0.0142. The molecule has 0 aromatic heterocycles. The first kappa shape index (κ1) is 33.5. The van der Waals surface area contributed by atoms with Crippen molar-refractivity contribution < 1.29 is 14.4 Å². The molecule has 6 heteroatoms. The predicted octanol–water partition coefficient (Wildman–Crippen LogP) is 8.82. The topological polar surface area (TPSA) is 87.3 Å². The van der Waals surface area contributed by atoms with Gasteiger partial charge in [-0.2, -0.15) is 0 Å². The highest BCUT2D eigenvalue weighted by molar-refractivity contribution is 6.01. The minimum atomic E-state index is -0.138. The van der Waals surface area contributed by atoms with Gasteiger partial charge in [-0.05, 0) is 130 Å². The molecule has 6 nitrogen and oxygen atoms in total. The Morgan fingerprint density at radius 1 is 0.628 bits per heavy atom. The summed E-state index contributed by atoms with van der Waals surface area (Å²) in [5.41, 5.74) is 1.94. The van der Waals surface area contributed by atoms with Gasteiger partial charge in [0, 0.05) is 34.8 Å². The van der Waals surface area contributed by atoms with Crippen molar-refractivity contribution in [2.24, 2.45) is 46.8 Å². The number of amides is 3. The van der Waals surface area contributed by atoms with Gasteiger partial charge in [0.25, 0.3) is 5.91 Å². The summed E-state index contributed by atoms with van der Waals surface area (Å²) in [7, 11) is 0. The second kappa shape index (κ2) is 14.6. The van der Waals surface area contributed by atoms with E-state index < -0.39 is 0 Å². The summed E-state index contributed by atoms with van der Waals surface area (Å²) in [4.78, 5) is 40.2. The quantitative estimate of drug-likeness (QED) is 0.281. The van der Waals surface area contributed by atoms with E-state index >= 15 is 0 Å². The molecule has 3 aliphatic carbocycles. The summed E-state index contributed by atoms with van der Waals surface area (Å²) < 4.78 is 0. The summed E-state index contributed by atoms with van der Waals surface area (Å²) in [6.07, 6.45) is 12.1. The molecular weight excluding hydrogens is 534 g/mol. The lowest BCUT2D eigenvalue weighted by Crippen LogP contribution is -2.39. The monoisotopic (exact) mass is 593 g/mol. The van der Waals surface area contributed by atoms with E-state index in [1.165, 1.54) is 0 Å². The molecule has 1 aromatic carbocycles. The number of carbonyl (C=O) groups excluding carboxylic acids is 3. The molecule has 240 valence electrons. The van der Waals surface area contributed by atoms with Crippen LogP contribution < -0.4 is 16.0 Å². The van der Waals surface area contributed by atoms with Crippen molar-refractivity contribution in [3.63, 3.8) is 0 Å². The number of nitrogens with one attached hydrogen (secondary N) is 3. The summed E-state index contributed by atoms with van der Waals surface area (Å²) in [5.74, 6) is 3.21. The highest BCUT2D eigenvalue weighted by Gasteiger charge is 2.32. The van der Waals surface area contributed by atoms with Crippen LogP contribution in [0.25, 0.3) is 0 Å². The van der Waals surface area contributed by atoms with Gasteiger partial charge in [-0.25, -0.2) is 0 Å². The largest absolute Gasteiger partial charge is 0.349 e. The predicted molar refractivity (Wildman–Crippen MR) is 177 cm³/mol. The van der Waals surface area contributed by atoms with Crippen LogP contribution in [0.3, 0.4) is 0 Å². The van der Waals surface area contributed by atoms with Crippen molar-refractivity contribution in [1.29, 1.82) is 0 Å². The van der Waals surface area contributed by atoms with Gasteiger partial charge in [-0.1, -0.05) is 48.5 Å². The molecule has 3 amide bonds. The third-order valence-corrected chi connectivity index (χ3v) is 11.2. The maximum atomic E-state index is 13.5. The molecule has 3 aliphatic rings. The smallest absolute Gasteiger partial charge is 0.251 e. The van der Waals surface area contributed by atoms with Gasteiger partial charge in [0.05, 0.1) is 0 Å². The number of hydrogen-bond donors (Lipinski definition) is 3. The molecule has 3 saturated carbocycles. The zero-order valence-corrected chi connectivity index (χ0v) is 28.1. The summed E-state index contributed by atoms with van der Waals surface area (Å²) in [6.45, 7) is 16.0. The molecule has 4 rings (SSSR count). The van der Waals surface area contributed by atoms with Gasteiger partial charge in [0.15, 0.2) is 0 Å². The fourth-order valence-electron chi connectivity index (χ4n) is 7.86. The molecule has 3 N–H and O–H groups in total. The summed E-state index contributed by atoms with van der Waals surface area (Å²) in [6, 6.07) is 5.52. The molecule has 1 aromatic rings. The lowest BCUT2D eigenvalue weighted by Gasteiger charge is -2.37. The van der Waals surface area contributed by atoms with Gasteiger partial charge in [0.2, 0.25) is 11.8 Å². The van der Waals surface area contributed by atoms with Gasteiger partial charge in [0.1, 0.15) is 0 Å². The van der Waals surface area contributed by atoms with E-state index in [0.717, 1.165) is 77.0 Å². The molecule has 0 atom stereocenters. The van der Waals surface area contributed by atoms with Crippen molar-refractivity contribution in [1.82, 2.24) is 5.32 Å². The van der Waals surface area contributed by atoms with E-state index in [1.807, 2.05) is 6.07 Å². The molecule has 3 fully saturated rings. The molecular formula is C37H59N3O3. The van der Waals surface area contributed by atoms with E-state index in [1.54, 1.807) is 12.1 Å². The van der Waals surface area contributed by atoms with Crippen LogP contribution in [0, 0.1) is 46.8 Å². The molecule has 0 unspecified atom stereocenters. The second-order valence-electron chi connectivity index (χ2n) is 15.9. The van der Waals surface area contributed by atoms with Crippen LogP contribution in [-0.2, 0) is 9.59 Å². The Hall–Kier alpha value is -2.37. The lowest BCUT2D eigenvalue weighted by atomic mass is 9.71. The molecule has 0 radical (unpaired) electrons. The SMILES string of the molecule is CC(C)C1CCC(C(=O)Nc2cc(NC(=O)C3CCC(C(C)C)CC3)cc(C(=O)NC3CCC(C(C)(C)C)CC3)c2)CC1. The van der Waals surface area contributed by atoms with Crippen LogP contribution in [0.15, 0.2) is 18.2 Å². The second-order valence-corrected chi connectivity index (χ2v) is 15.9. The molecule has 0 bridgehead atoms. The Morgan fingerprint density at radius 2 is 1.05 bits per heavy atom. The Balaban J connectivity index is 1.45. The van der Waals surface area contributed by atoms with Crippen LogP contribution in [0.1, 0.15) is 136 Å². The highest BCUT2D eigenvalue weighted by atomic mass is 16.2. The maximum absolute atomic E-state index is 13.5. The van der Waals surface area contributed by atoms with Crippen molar-refractivity contribution in [2.75, 3.05) is 10.6 Å². The zero-order chi connectivity index (χ0) is 31.3. The molecule has 0 aliphatic heterocycles. The standard InChI is InChI=1S/C37H59N3O3/c1-23(2)25-8-12-27(13-9-25)34(41)39-32-20-29(36(43)38-31-18-16-30(17-19-31)37(5,6)7)21-33(22-32)40-35(42)28-14-10-26(11-15-28)24(3)4/h20-28,30-31H,8-19H2,1-7H3,(H,38,43)(H,39,41)(H,40,42). The zero-order valence-electron chi connectivity index (χ0n) is 28.1. The Morgan fingerprint density at radius 3 is 1.42 bits per heavy atom. The van der Waals surface area contributed by atoms with Gasteiger partial charge < -0.3 is 16.0 Å². The lowest BCUT2D eigenvalue weighted by molar-refractivity contribution is -0.121. The van der Waals surface area contributed by atoms with Gasteiger partial charge >= 0.3 is 0 Å². The Bertz CT molecular complexity index is 1040. The third-order valence-electron chi connectivity index (χ3n) is 11.2. The average Bonchev–Trinajstić information content (AvgIpc) is 2.97. The van der Waals surface area contributed by atoms with E-state index in [2.05, 4.69) is 64.4 Å². The number of carbonyl (C=O) groups is 3. The van der Waals surface area contributed by atoms with Crippen LogP contribution in [0.5, 0.6) is 0 Å². The first-order valence-electron chi connectivity index (χ1n) is 17.4. The third kappa shape index (κ3) is 9.31. The number of benzene rings is 1. The highest BCUT2D eigenvalue weighted by Crippen LogP contribution is 2.38. The van der Waals surface area contributed by atoms with Crippen molar-refractivity contribution >= 4 is 29.1 Å². The van der Waals surface area contributed by atoms with Crippen LogP contribution >= 0.6 is 0 Å². The fourth-order valence-corrected chi connectivity index (χ4v) is 7.86. The average molecular weight is 594 g/mol. The van der Waals surface area contributed by atoms with Crippen LogP contribution in [0.2, 0.25) is 0 Å². The fraction of sp³-hybridized carbons (Fsp3) is 0.757. The molecule has 0 saturated heterocycles. The van der Waals surface area contributed by atoms with E-state index in [4.69, 9.17) is 0 Å². The van der Waals surface area contributed by atoms with E-state index in [9.17, 15) is 14.4 Å². The van der Waals surface area contributed by atoms with Gasteiger partial charge in [-0.3, -0.25) is 14.4 Å². The number of rotatable bonds is 8. The normalized spacial score (nSPS) is 28.4. The Labute approximate surface area is 261 Å². The Kier molecular flexibility index (Phi) is 11.4. The van der Waals surface area contributed by atoms with E-state index in [0.29, 0.717) is 46.5 Å². The van der Waals surface area contributed by atoms with Crippen LogP contribution in [-0.4, -0.2) is 23.8 Å². The molecule has 0 heterocycles. The summed E-state index contributed by atoms with van der Waals surface area (Å²) >= 11 is 0. The number of anilines is 2. The summed E-state index contributed by atoms with van der Waals surface area (Å²) in [5, 5.41) is 9.50. The van der Waals surface area contributed by atoms with Crippen molar-refractivity contribution in [3.05, 3.63) is 23.8 Å². The molecule has 0 spiro atoms. The first-order valence-corrected chi connectivity index (χ1v) is 17.4. The van der Waals surface area contributed by atoms with Gasteiger partial charge in [-0.15, -0.1) is 0 Å².